The number of nitrogens with two attached hydrogens (primary N) is 1. The summed E-state index contributed by atoms with van der Waals surface area (Å²) in [7, 11) is 0. The zero-order valence-corrected chi connectivity index (χ0v) is 11.7. The fraction of sp³-hybridized carbons (Fsp3) is 0.533. The summed E-state index contributed by atoms with van der Waals surface area (Å²) in [5.74, 6) is 0.284. The summed E-state index contributed by atoms with van der Waals surface area (Å²) in [6.45, 7) is 3.55. The monoisotopic (exact) mass is 265 g/mol. The summed E-state index contributed by atoms with van der Waals surface area (Å²) in [5.41, 5.74) is 6.44. The minimum Gasteiger partial charge on any atom is -0.370 e. The topological polar surface area (TPSA) is 50.4 Å². The van der Waals surface area contributed by atoms with E-state index in [1.54, 1.807) is 12.1 Å². The third-order valence-corrected chi connectivity index (χ3v) is 2.95. The lowest BCUT2D eigenvalue weighted by Crippen LogP contribution is -2.33. The number of hydrogen-bond donors (Lipinski definition) is 2. The summed E-state index contributed by atoms with van der Waals surface area (Å²) in [4.78, 5) is 4.24. The molecule has 3 N–H and O–H groups in total. The lowest BCUT2D eigenvalue weighted by atomic mass is 10.1. The van der Waals surface area contributed by atoms with Crippen LogP contribution in [0.4, 0.5) is 4.39 Å². The average Bonchev–Trinajstić information content (AvgIpc) is 2.41. The molecule has 0 aliphatic carbocycles. The van der Waals surface area contributed by atoms with Gasteiger partial charge < -0.3 is 11.1 Å². The largest absolute Gasteiger partial charge is 0.370 e. The molecule has 106 valence electrons. The highest BCUT2D eigenvalue weighted by atomic mass is 19.1. The maximum Gasteiger partial charge on any atom is 0.188 e. The number of nitrogens with zero attached hydrogens (tertiary/aromatic N) is 1. The van der Waals surface area contributed by atoms with Crippen molar-refractivity contribution in [1.29, 1.82) is 0 Å². The second-order valence-electron chi connectivity index (χ2n) is 4.60. The molecule has 0 amide bonds. The molecule has 0 bridgehead atoms. The number of unbranched alkanes of at least 4 members (excludes halogenated alkanes) is 3. The van der Waals surface area contributed by atoms with Crippen molar-refractivity contribution in [1.82, 2.24) is 5.32 Å². The third-order valence-electron chi connectivity index (χ3n) is 2.95. The number of benzene rings is 1. The molecule has 4 heteroatoms. The van der Waals surface area contributed by atoms with Crippen LogP contribution in [-0.4, -0.2) is 19.0 Å². The first kappa shape index (κ1) is 15.5. The predicted octanol–water partition coefficient (Wildman–Crippen LogP) is 2.85. The third kappa shape index (κ3) is 6.79. The van der Waals surface area contributed by atoms with Crippen molar-refractivity contribution >= 4 is 5.96 Å². The number of halogens is 1. The Morgan fingerprint density at radius 3 is 2.79 bits per heavy atom. The van der Waals surface area contributed by atoms with Gasteiger partial charge in [0.1, 0.15) is 5.82 Å². The molecule has 0 fully saturated rings. The quantitative estimate of drug-likeness (QED) is 0.431. The summed E-state index contributed by atoms with van der Waals surface area (Å²) in [6.07, 6.45) is 5.35. The summed E-state index contributed by atoms with van der Waals surface area (Å²) in [6, 6.07) is 6.79. The lowest BCUT2D eigenvalue weighted by molar-refractivity contribution is 0.607. The first-order valence-corrected chi connectivity index (χ1v) is 7.01. The molecule has 0 aromatic heterocycles. The maximum absolute atomic E-state index is 13.3. The number of guanidine groups is 1. The zero-order valence-electron chi connectivity index (χ0n) is 11.7. The molecule has 0 atom stereocenters. The Balaban J connectivity index is 2.18. The van der Waals surface area contributed by atoms with E-state index in [9.17, 15) is 4.39 Å². The van der Waals surface area contributed by atoms with Gasteiger partial charge in [0.15, 0.2) is 5.96 Å². The standard InChI is InChI=1S/C15H24FN3/c1-2-3-4-7-11-18-15(17)19-12-10-13-8-5-6-9-14(13)16/h5-6,8-9H,2-4,7,10-12H2,1H3,(H3,17,18,19). The molecule has 19 heavy (non-hydrogen) atoms. The van der Waals surface area contributed by atoms with Gasteiger partial charge in [0.25, 0.3) is 0 Å². The van der Waals surface area contributed by atoms with Crippen LogP contribution >= 0.6 is 0 Å². The van der Waals surface area contributed by atoms with E-state index in [4.69, 9.17) is 5.73 Å². The van der Waals surface area contributed by atoms with E-state index in [1.165, 1.54) is 25.3 Å². The van der Waals surface area contributed by atoms with E-state index < -0.39 is 0 Å². The highest BCUT2D eigenvalue weighted by molar-refractivity contribution is 5.77. The predicted molar refractivity (Wildman–Crippen MR) is 78.7 cm³/mol. The first-order chi connectivity index (χ1) is 9.24. The normalized spacial score (nSPS) is 11.6. The molecule has 0 saturated carbocycles. The number of hydrogen-bond acceptors (Lipinski definition) is 1. The molecule has 1 aromatic rings. The van der Waals surface area contributed by atoms with Crippen molar-refractivity contribution in [3.8, 4) is 0 Å². The van der Waals surface area contributed by atoms with Crippen LogP contribution in [0.1, 0.15) is 38.2 Å². The second kappa shape index (κ2) is 9.36. The second-order valence-corrected chi connectivity index (χ2v) is 4.60. The number of aliphatic imine (C=N–C) groups is 1. The molecule has 1 aromatic carbocycles. The Hall–Kier alpha value is -1.58. The highest BCUT2D eigenvalue weighted by Crippen LogP contribution is 2.06. The smallest absolute Gasteiger partial charge is 0.188 e. The van der Waals surface area contributed by atoms with E-state index in [0.717, 1.165) is 13.0 Å². The van der Waals surface area contributed by atoms with Gasteiger partial charge in [-0.15, -0.1) is 0 Å². The zero-order chi connectivity index (χ0) is 13.9. The fourth-order valence-corrected chi connectivity index (χ4v) is 1.82. The summed E-state index contributed by atoms with van der Waals surface area (Å²) >= 11 is 0. The molecular weight excluding hydrogens is 241 g/mol. The molecule has 0 radical (unpaired) electrons. The van der Waals surface area contributed by atoms with Crippen LogP contribution in [0.5, 0.6) is 0 Å². The molecular formula is C15H24FN3. The summed E-state index contributed by atoms with van der Waals surface area (Å²) in [5, 5.41) is 3.01. The Morgan fingerprint density at radius 1 is 1.26 bits per heavy atom. The summed E-state index contributed by atoms with van der Waals surface area (Å²) < 4.78 is 13.3. The van der Waals surface area contributed by atoms with E-state index >= 15 is 0 Å². The van der Waals surface area contributed by atoms with Gasteiger partial charge in [0.2, 0.25) is 0 Å². The van der Waals surface area contributed by atoms with Crippen LogP contribution in [0.3, 0.4) is 0 Å². The van der Waals surface area contributed by atoms with E-state index in [-0.39, 0.29) is 5.82 Å². The van der Waals surface area contributed by atoms with E-state index in [0.29, 0.717) is 24.5 Å². The van der Waals surface area contributed by atoms with Gasteiger partial charge in [0, 0.05) is 13.1 Å². The highest BCUT2D eigenvalue weighted by Gasteiger charge is 2.00. The Bertz CT molecular complexity index is 391. The van der Waals surface area contributed by atoms with Crippen molar-refractivity contribution in [3.05, 3.63) is 35.6 Å². The van der Waals surface area contributed by atoms with Crippen LogP contribution < -0.4 is 11.1 Å². The van der Waals surface area contributed by atoms with Crippen molar-refractivity contribution < 1.29 is 4.39 Å². The molecule has 0 heterocycles. The molecule has 0 aliphatic heterocycles. The van der Waals surface area contributed by atoms with Crippen LogP contribution in [0.2, 0.25) is 0 Å². The van der Waals surface area contributed by atoms with Crippen molar-refractivity contribution in [3.63, 3.8) is 0 Å². The average molecular weight is 265 g/mol. The molecule has 3 nitrogen and oxygen atoms in total. The van der Waals surface area contributed by atoms with Gasteiger partial charge in [-0.3, -0.25) is 4.99 Å². The van der Waals surface area contributed by atoms with Gasteiger partial charge >= 0.3 is 0 Å². The Labute approximate surface area is 115 Å². The van der Waals surface area contributed by atoms with Gasteiger partial charge in [-0.25, -0.2) is 4.39 Å². The van der Waals surface area contributed by atoms with Gasteiger partial charge in [0.05, 0.1) is 0 Å². The molecule has 0 unspecified atom stereocenters. The van der Waals surface area contributed by atoms with Gasteiger partial charge in [-0.2, -0.15) is 0 Å². The van der Waals surface area contributed by atoms with Crippen molar-refractivity contribution in [2.45, 2.75) is 39.0 Å². The molecule has 0 aliphatic rings. The van der Waals surface area contributed by atoms with Crippen molar-refractivity contribution in [2.24, 2.45) is 10.7 Å². The van der Waals surface area contributed by atoms with Gasteiger partial charge in [-0.1, -0.05) is 44.4 Å². The minimum atomic E-state index is -0.167. The SMILES string of the molecule is CCCCCCN=C(N)NCCc1ccccc1F. The van der Waals surface area contributed by atoms with Crippen molar-refractivity contribution in [2.75, 3.05) is 13.1 Å². The Morgan fingerprint density at radius 2 is 2.05 bits per heavy atom. The first-order valence-electron chi connectivity index (χ1n) is 7.01. The lowest BCUT2D eigenvalue weighted by Gasteiger charge is -2.06. The van der Waals surface area contributed by atoms with Gasteiger partial charge in [-0.05, 0) is 24.5 Å². The molecule has 0 saturated heterocycles. The Kier molecular flexibility index (Phi) is 7.63. The van der Waals surface area contributed by atoms with E-state index in [2.05, 4.69) is 17.2 Å². The molecule has 1 rings (SSSR count). The van der Waals surface area contributed by atoms with Crippen LogP contribution in [0.15, 0.2) is 29.3 Å². The number of rotatable bonds is 8. The van der Waals surface area contributed by atoms with E-state index in [1.807, 2.05) is 6.07 Å². The fourth-order valence-electron chi connectivity index (χ4n) is 1.82. The van der Waals surface area contributed by atoms with Crippen LogP contribution in [0, 0.1) is 5.82 Å². The maximum atomic E-state index is 13.3. The van der Waals surface area contributed by atoms with Crippen LogP contribution in [-0.2, 0) is 6.42 Å². The number of nitrogens with one attached hydrogen (secondary N) is 1. The van der Waals surface area contributed by atoms with Crippen LogP contribution in [0.25, 0.3) is 0 Å². The molecule has 0 spiro atoms. The minimum absolute atomic E-state index is 0.167.